The van der Waals surface area contributed by atoms with Crippen LogP contribution in [0.4, 0.5) is 21.8 Å². The summed E-state index contributed by atoms with van der Waals surface area (Å²) in [7, 11) is 3.88. The highest BCUT2D eigenvalue weighted by molar-refractivity contribution is 9.10. The molecular formula is C16H20BrFN6. The summed E-state index contributed by atoms with van der Waals surface area (Å²) in [5.74, 6) is 1.73. The molecule has 2 aromatic heterocycles. The average molecular weight is 395 g/mol. The van der Waals surface area contributed by atoms with Crippen LogP contribution in [0, 0.1) is 5.82 Å². The van der Waals surface area contributed by atoms with Crippen molar-refractivity contribution in [3.8, 4) is 0 Å². The van der Waals surface area contributed by atoms with Crippen molar-refractivity contribution in [2.75, 3.05) is 42.3 Å². The van der Waals surface area contributed by atoms with E-state index in [0.29, 0.717) is 16.8 Å². The van der Waals surface area contributed by atoms with E-state index in [-0.39, 0.29) is 11.9 Å². The highest BCUT2D eigenvalue weighted by Gasteiger charge is 2.23. The molecule has 24 heavy (non-hydrogen) atoms. The lowest BCUT2D eigenvalue weighted by Crippen LogP contribution is -2.43. The van der Waals surface area contributed by atoms with Crippen molar-refractivity contribution in [1.82, 2.24) is 15.0 Å². The fourth-order valence-corrected chi connectivity index (χ4v) is 3.11. The summed E-state index contributed by atoms with van der Waals surface area (Å²) in [6.07, 6.45) is 5.16. The first-order chi connectivity index (χ1) is 11.5. The van der Waals surface area contributed by atoms with Crippen molar-refractivity contribution in [3.05, 3.63) is 34.9 Å². The van der Waals surface area contributed by atoms with E-state index in [1.165, 1.54) is 6.07 Å². The maximum Gasteiger partial charge on any atom is 0.166 e. The Morgan fingerprint density at radius 3 is 2.88 bits per heavy atom. The second-order valence-electron chi connectivity index (χ2n) is 6.04. The third kappa shape index (κ3) is 3.92. The summed E-state index contributed by atoms with van der Waals surface area (Å²) in [6.45, 7) is 1.49. The second-order valence-corrected chi connectivity index (χ2v) is 6.96. The van der Waals surface area contributed by atoms with E-state index in [1.807, 2.05) is 30.0 Å². The Morgan fingerprint density at radius 1 is 1.29 bits per heavy atom. The Morgan fingerprint density at radius 2 is 2.12 bits per heavy atom. The molecule has 1 fully saturated rings. The predicted octanol–water partition coefficient (Wildman–Crippen LogP) is 2.92. The molecule has 2 aromatic rings. The van der Waals surface area contributed by atoms with Crippen LogP contribution in [0.25, 0.3) is 0 Å². The minimum atomic E-state index is -0.304. The molecule has 0 amide bonds. The second kappa shape index (κ2) is 7.29. The number of rotatable bonds is 4. The van der Waals surface area contributed by atoms with Gasteiger partial charge in [-0.25, -0.2) is 19.3 Å². The molecule has 128 valence electrons. The number of hydrogen-bond acceptors (Lipinski definition) is 6. The molecule has 0 aliphatic carbocycles. The molecule has 0 radical (unpaired) electrons. The molecule has 1 saturated heterocycles. The first-order valence-electron chi connectivity index (χ1n) is 7.85. The summed E-state index contributed by atoms with van der Waals surface area (Å²) in [6, 6.07) is 3.55. The van der Waals surface area contributed by atoms with Gasteiger partial charge in [0.1, 0.15) is 18.0 Å². The molecule has 3 rings (SSSR count). The van der Waals surface area contributed by atoms with Gasteiger partial charge >= 0.3 is 0 Å². The predicted molar refractivity (Wildman–Crippen MR) is 97.1 cm³/mol. The highest BCUT2D eigenvalue weighted by Crippen LogP contribution is 2.24. The van der Waals surface area contributed by atoms with Crippen LogP contribution in [0.3, 0.4) is 0 Å². The molecule has 1 atom stereocenters. The lowest BCUT2D eigenvalue weighted by Gasteiger charge is -2.34. The SMILES string of the molecule is CN(C)c1cc(NC2CCCN(c3ncc(Br)cc3F)C2)ncn1. The van der Waals surface area contributed by atoms with Gasteiger partial charge in [0.05, 0.1) is 0 Å². The lowest BCUT2D eigenvalue weighted by atomic mass is 10.1. The van der Waals surface area contributed by atoms with E-state index in [1.54, 1.807) is 12.5 Å². The van der Waals surface area contributed by atoms with E-state index >= 15 is 0 Å². The van der Waals surface area contributed by atoms with Gasteiger partial charge in [-0.05, 0) is 34.8 Å². The Balaban J connectivity index is 1.70. The zero-order chi connectivity index (χ0) is 17.1. The van der Waals surface area contributed by atoms with Crippen molar-refractivity contribution in [1.29, 1.82) is 0 Å². The molecule has 8 heteroatoms. The molecule has 3 heterocycles. The molecule has 1 N–H and O–H groups in total. The summed E-state index contributed by atoms with van der Waals surface area (Å²) in [5.41, 5.74) is 0. The maximum absolute atomic E-state index is 14.2. The fourth-order valence-electron chi connectivity index (χ4n) is 2.81. The molecule has 1 aliphatic rings. The van der Waals surface area contributed by atoms with Crippen LogP contribution in [0.5, 0.6) is 0 Å². The Bertz CT molecular complexity index is 711. The molecule has 6 nitrogen and oxygen atoms in total. The standard InChI is InChI=1S/C16H20BrFN6/c1-23(2)15-7-14(20-10-21-15)22-12-4-3-5-24(9-12)16-13(18)6-11(17)8-19-16/h6-8,10,12H,3-5,9H2,1-2H3,(H,20,21,22). The van der Waals surface area contributed by atoms with Crippen LogP contribution in [0.1, 0.15) is 12.8 Å². The summed E-state index contributed by atoms with van der Waals surface area (Å²) in [4.78, 5) is 16.6. The van der Waals surface area contributed by atoms with Crippen LogP contribution in [0.2, 0.25) is 0 Å². The first kappa shape index (κ1) is 16.9. The van der Waals surface area contributed by atoms with E-state index in [4.69, 9.17) is 0 Å². The third-order valence-corrected chi connectivity index (χ3v) is 4.41. The number of nitrogens with one attached hydrogen (secondary N) is 1. The van der Waals surface area contributed by atoms with E-state index in [2.05, 4.69) is 36.2 Å². The van der Waals surface area contributed by atoms with Crippen LogP contribution in [-0.4, -0.2) is 48.2 Å². The smallest absolute Gasteiger partial charge is 0.166 e. The zero-order valence-corrected chi connectivity index (χ0v) is 15.3. The van der Waals surface area contributed by atoms with Gasteiger partial charge in [-0.3, -0.25) is 0 Å². The minimum absolute atomic E-state index is 0.188. The van der Waals surface area contributed by atoms with Gasteiger partial charge in [-0.1, -0.05) is 0 Å². The number of anilines is 3. The van der Waals surface area contributed by atoms with Gasteiger partial charge in [0, 0.05) is 50.0 Å². The molecule has 0 bridgehead atoms. The zero-order valence-electron chi connectivity index (χ0n) is 13.7. The Hall–Kier alpha value is -1.96. The van der Waals surface area contributed by atoms with Gasteiger partial charge in [0.2, 0.25) is 0 Å². The van der Waals surface area contributed by atoms with E-state index in [0.717, 1.165) is 31.0 Å². The van der Waals surface area contributed by atoms with Gasteiger partial charge < -0.3 is 15.1 Å². The maximum atomic E-state index is 14.2. The lowest BCUT2D eigenvalue weighted by molar-refractivity contribution is 0.512. The van der Waals surface area contributed by atoms with Crippen LogP contribution < -0.4 is 15.1 Å². The number of pyridine rings is 1. The Kier molecular flexibility index (Phi) is 5.13. The molecule has 0 aromatic carbocycles. The van der Waals surface area contributed by atoms with Gasteiger partial charge in [0.25, 0.3) is 0 Å². The van der Waals surface area contributed by atoms with Crippen molar-refractivity contribution in [3.63, 3.8) is 0 Å². The monoisotopic (exact) mass is 394 g/mol. The number of hydrogen-bond donors (Lipinski definition) is 1. The molecule has 1 unspecified atom stereocenters. The van der Waals surface area contributed by atoms with Crippen molar-refractivity contribution in [2.24, 2.45) is 0 Å². The number of piperidine rings is 1. The number of halogens is 2. The quantitative estimate of drug-likeness (QED) is 0.859. The Labute approximate surface area is 149 Å². The minimum Gasteiger partial charge on any atom is -0.365 e. The third-order valence-electron chi connectivity index (χ3n) is 3.97. The fraction of sp³-hybridized carbons (Fsp3) is 0.438. The molecule has 0 spiro atoms. The number of nitrogens with zero attached hydrogens (tertiary/aromatic N) is 5. The van der Waals surface area contributed by atoms with Crippen LogP contribution >= 0.6 is 15.9 Å². The van der Waals surface area contributed by atoms with Crippen LogP contribution in [0.15, 0.2) is 29.1 Å². The highest BCUT2D eigenvalue weighted by atomic mass is 79.9. The molecular weight excluding hydrogens is 375 g/mol. The average Bonchev–Trinajstić information content (AvgIpc) is 2.55. The normalized spacial score (nSPS) is 17.7. The summed E-state index contributed by atoms with van der Waals surface area (Å²) in [5, 5.41) is 3.43. The number of aromatic nitrogens is 3. The topological polar surface area (TPSA) is 57.2 Å². The van der Waals surface area contributed by atoms with Gasteiger partial charge in [-0.2, -0.15) is 0 Å². The van der Waals surface area contributed by atoms with Gasteiger partial charge in [-0.15, -0.1) is 0 Å². The first-order valence-corrected chi connectivity index (χ1v) is 8.64. The van der Waals surface area contributed by atoms with Crippen molar-refractivity contribution >= 4 is 33.4 Å². The van der Waals surface area contributed by atoms with E-state index in [9.17, 15) is 4.39 Å². The largest absolute Gasteiger partial charge is 0.365 e. The summed E-state index contributed by atoms with van der Waals surface area (Å²) >= 11 is 3.24. The van der Waals surface area contributed by atoms with Crippen molar-refractivity contribution in [2.45, 2.75) is 18.9 Å². The van der Waals surface area contributed by atoms with Crippen LogP contribution in [-0.2, 0) is 0 Å². The van der Waals surface area contributed by atoms with Gasteiger partial charge in [0.15, 0.2) is 11.6 Å². The van der Waals surface area contributed by atoms with Crippen molar-refractivity contribution < 1.29 is 4.39 Å². The summed E-state index contributed by atoms with van der Waals surface area (Å²) < 4.78 is 14.8. The molecule has 0 saturated carbocycles. The van der Waals surface area contributed by atoms with E-state index < -0.39 is 0 Å². The molecule has 1 aliphatic heterocycles.